The molecule has 1 aromatic rings. The average Bonchev–Trinajstić information content (AvgIpc) is 2.79. The molecule has 0 radical (unpaired) electrons. The maximum Gasteiger partial charge on any atom is 0.308 e. The standard InChI is InChI=1S/C14H18FN3O2/c1-2-10-11(15)12(17-8-16-10)18-6-9(13(19)20)14(7-18)4-3-5-14/h8-9H,2-7H2,1H3,(H,19,20). The molecule has 0 aromatic carbocycles. The first-order valence-electron chi connectivity index (χ1n) is 7.04. The second kappa shape index (κ2) is 4.68. The molecule has 1 aliphatic carbocycles. The summed E-state index contributed by atoms with van der Waals surface area (Å²) in [7, 11) is 0. The SMILES string of the molecule is CCc1ncnc(N2CC(C(=O)O)C3(CCC3)C2)c1F. The molecule has 1 saturated heterocycles. The third kappa shape index (κ3) is 1.85. The molecule has 2 heterocycles. The van der Waals surface area contributed by atoms with Gasteiger partial charge in [0.2, 0.25) is 0 Å². The van der Waals surface area contributed by atoms with Crippen LogP contribution in [-0.4, -0.2) is 34.1 Å². The first-order chi connectivity index (χ1) is 9.57. The smallest absolute Gasteiger partial charge is 0.308 e. The van der Waals surface area contributed by atoms with Crippen molar-refractivity contribution in [3.8, 4) is 0 Å². The van der Waals surface area contributed by atoms with Gasteiger partial charge in [0.05, 0.1) is 11.6 Å². The Bertz CT molecular complexity index is 545. The Hall–Kier alpha value is -1.72. The molecule has 1 spiro atoms. The van der Waals surface area contributed by atoms with Crippen LogP contribution < -0.4 is 4.90 Å². The largest absolute Gasteiger partial charge is 0.481 e. The zero-order valence-corrected chi connectivity index (χ0v) is 11.5. The van der Waals surface area contributed by atoms with E-state index in [0.717, 1.165) is 19.3 Å². The van der Waals surface area contributed by atoms with Crippen molar-refractivity contribution in [2.75, 3.05) is 18.0 Å². The van der Waals surface area contributed by atoms with Crippen LogP contribution >= 0.6 is 0 Å². The Labute approximate surface area is 116 Å². The van der Waals surface area contributed by atoms with Gasteiger partial charge < -0.3 is 10.0 Å². The predicted octanol–water partition coefficient (Wildman–Crippen LogP) is 1.87. The molecular weight excluding hydrogens is 261 g/mol. The van der Waals surface area contributed by atoms with E-state index in [1.807, 2.05) is 6.92 Å². The van der Waals surface area contributed by atoms with E-state index in [9.17, 15) is 14.3 Å². The van der Waals surface area contributed by atoms with Gasteiger partial charge in [-0.3, -0.25) is 4.79 Å². The summed E-state index contributed by atoms with van der Waals surface area (Å²) in [4.78, 5) is 21.2. The van der Waals surface area contributed by atoms with Crippen LogP contribution in [0.2, 0.25) is 0 Å². The van der Waals surface area contributed by atoms with Gasteiger partial charge in [0.15, 0.2) is 11.6 Å². The van der Waals surface area contributed by atoms with E-state index in [-0.39, 0.29) is 11.2 Å². The summed E-state index contributed by atoms with van der Waals surface area (Å²) in [5.41, 5.74) is 0.201. The summed E-state index contributed by atoms with van der Waals surface area (Å²) < 4.78 is 14.3. The maximum atomic E-state index is 14.3. The van der Waals surface area contributed by atoms with Crippen molar-refractivity contribution >= 4 is 11.8 Å². The van der Waals surface area contributed by atoms with Crippen LogP contribution in [0.3, 0.4) is 0 Å². The Balaban J connectivity index is 1.91. The highest BCUT2D eigenvalue weighted by atomic mass is 19.1. The molecule has 108 valence electrons. The van der Waals surface area contributed by atoms with Crippen molar-refractivity contribution < 1.29 is 14.3 Å². The molecule has 1 saturated carbocycles. The minimum atomic E-state index is -0.780. The van der Waals surface area contributed by atoms with E-state index in [1.54, 1.807) is 4.90 Å². The van der Waals surface area contributed by atoms with Gasteiger partial charge in [-0.1, -0.05) is 13.3 Å². The lowest BCUT2D eigenvalue weighted by Crippen LogP contribution is -2.40. The van der Waals surface area contributed by atoms with Crippen molar-refractivity contribution in [1.82, 2.24) is 9.97 Å². The van der Waals surface area contributed by atoms with Crippen molar-refractivity contribution in [2.45, 2.75) is 32.6 Å². The van der Waals surface area contributed by atoms with Crippen LogP contribution in [0.15, 0.2) is 6.33 Å². The van der Waals surface area contributed by atoms with E-state index in [4.69, 9.17) is 0 Å². The number of hydrogen-bond donors (Lipinski definition) is 1. The third-order valence-electron chi connectivity index (χ3n) is 4.77. The Morgan fingerprint density at radius 3 is 2.80 bits per heavy atom. The first kappa shape index (κ1) is 13.3. The lowest BCUT2D eigenvalue weighted by atomic mass is 9.63. The molecule has 1 unspecified atom stereocenters. The van der Waals surface area contributed by atoms with Gasteiger partial charge in [-0.25, -0.2) is 14.4 Å². The third-order valence-corrected chi connectivity index (χ3v) is 4.77. The molecule has 1 atom stereocenters. The molecule has 0 bridgehead atoms. The summed E-state index contributed by atoms with van der Waals surface area (Å²) >= 11 is 0. The summed E-state index contributed by atoms with van der Waals surface area (Å²) in [6.07, 6.45) is 4.74. The monoisotopic (exact) mass is 279 g/mol. The maximum absolute atomic E-state index is 14.3. The fraction of sp³-hybridized carbons (Fsp3) is 0.643. The van der Waals surface area contributed by atoms with Crippen LogP contribution in [0.5, 0.6) is 0 Å². The van der Waals surface area contributed by atoms with Gasteiger partial charge in [-0.05, 0) is 19.3 Å². The predicted molar refractivity (Wildman–Crippen MR) is 71.0 cm³/mol. The van der Waals surface area contributed by atoms with Crippen molar-refractivity contribution in [1.29, 1.82) is 0 Å². The molecule has 1 aliphatic heterocycles. The average molecular weight is 279 g/mol. The number of aliphatic carboxylic acids is 1. The number of anilines is 1. The summed E-state index contributed by atoms with van der Waals surface area (Å²) in [6.45, 7) is 2.76. The van der Waals surface area contributed by atoms with Crippen molar-refractivity contribution in [3.05, 3.63) is 17.8 Å². The van der Waals surface area contributed by atoms with Gasteiger partial charge in [-0.2, -0.15) is 0 Å². The fourth-order valence-corrected chi connectivity index (χ4v) is 3.47. The second-order valence-corrected chi connectivity index (χ2v) is 5.80. The molecule has 3 rings (SSSR count). The number of halogens is 1. The molecule has 0 amide bonds. The molecule has 2 aliphatic rings. The van der Waals surface area contributed by atoms with Gasteiger partial charge in [0.25, 0.3) is 0 Å². The summed E-state index contributed by atoms with van der Waals surface area (Å²) in [5, 5.41) is 9.40. The van der Waals surface area contributed by atoms with Gasteiger partial charge in [0.1, 0.15) is 6.33 Å². The second-order valence-electron chi connectivity index (χ2n) is 5.80. The first-order valence-corrected chi connectivity index (χ1v) is 7.04. The van der Waals surface area contributed by atoms with Gasteiger partial charge in [-0.15, -0.1) is 0 Å². The Morgan fingerprint density at radius 1 is 1.55 bits per heavy atom. The van der Waals surface area contributed by atoms with Crippen molar-refractivity contribution in [2.24, 2.45) is 11.3 Å². The van der Waals surface area contributed by atoms with Crippen LogP contribution in [0.1, 0.15) is 31.9 Å². The summed E-state index contributed by atoms with van der Waals surface area (Å²) in [5.74, 6) is -1.35. The number of rotatable bonds is 3. The van der Waals surface area contributed by atoms with Crippen LogP contribution in [0.4, 0.5) is 10.2 Å². The number of nitrogens with zero attached hydrogens (tertiary/aromatic N) is 3. The van der Waals surface area contributed by atoms with E-state index < -0.39 is 17.7 Å². The number of carboxylic acid groups (broad SMARTS) is 1. The van der Waals surface area contributed by atoms with Crippen LogP contribution in [0.25, 0.3) is 0 Å². The molecule has 20 heavy (non-hydrogen) atoms. The molecule has 5 nitrogen and oxygen atoms in total. The quantitative estimate of drug-likeness (QED) is 0.915. The topological polar surface area (TPSA) is 66.3 Å². The number of aryl methyl sites for hydroxylation is 1. The minimum Gasteiger partial charge on any atom is -0.481 e. The van der Waals surface area contributed by atoms with E-state index >= 15 is 0 Å². The number of carbonyl (C=O) groups is 1. The summed E-state index contributed by atoms with van der Waals surface area (Å²) in [6, 6.07) is 0. The normalized spacial score (nSPS) is 23.9. The lowest BCUT2D eigenvalue weighted by molar-refractivity contribution is -0.146. The Morgan fingerprint density at radius 2 is 2.30 bits per heavy atom. The number of hydrogen-bond acceptors (Lipinski definition) is 4. The van der Waals surface area contributed by atoms with Gasteiger partial charge in [0, 0.05) is 18.5 Å². The van der Waals surface area contributed by atoms with Gasteiger partial charge >= 0.3 is 5.97 Å². The van der Waals surface area contributed by atoms with Crippen LogP contribution in [-0.2, 0) is 11.2 Å². The number of carboxylic acids is 1. The molecule has 1 N–H and O–H groups in total. The molecule has 1 aromatic heterocycles. The highest BCUT2D eigenvalue weighted by Crippen LogP contribution is 2.52. The van der Waals surface area contributed by atoms with E-state index in [1.165, 1.54) is 6.33 Å². The highest BCUT2D eigenvalue weighted by molar-refractivity contribution is 5.73. The minimum absolute atomic E-state index is 0.185. The molecule has 6 heteroatoms. The Kier molecular flexibility index (Phi) is 3.11. The van der Waals surface area contributed by atoms with E-state index in [2.05, 4.69) is 9.97 Å². The molecular formula is C14H18FN3O2. The fourth-order valence-electron chi connectivity index (χ4n) is 3.47. The zero-order valence-electron chi connectivity index (χ0n) is 11.5. The lowest BCUT2D eigenvalue weighted by Gasteiger charge is -2.41. The highest BCUT2D eigenvalue weighted by Gasteiger charge is 2.54. The van der Waals surface area contributed by atoms with E-state index in [0.29, 0.717) is 25.2 Å². The van der Waals surface area contributed by atoms with Crippen LogP contribution in [0, 0.1) is 17.2 Å². The zero-order chi connectivity index (χ0) is 14.3. The number of aromatic nitrogens is 2. The van der Waals surface area contributed by atoms with Crippen molar-refractivity contribution in [3.63, 3.8) is 0 Å². The molecule has 2 fully saturated rings.